The first kappa shape index (κ1) is 10.5. The summed E-state index contributed by atoms with van der Waals surface area (Å²) < 4.78 is 37.8. The van der Waals surface area contributed by atoms with Crippen molar-refractivity contribution >= 4 is 17.2 Å². The predicted molar refractivity (Wildman–Crippen MR) is 49.9 cm³/mol. The van der Waals surface area contributed by atoms with Crippen molar-refractivity contribution in [3.8, 4) is 0 Å². The first-order chi connectivity index (χ1) is 7.52. The SMILES string of the molecule is O=Cc1ncc2cccc(C(F)(F)F)c2n1. The van der Waals surface area contributed by atoms with Crippen LogP contribution < -0.4 is 0 Å². The zero-order valence-corrected chi connectivity index (χ0v) is 7.82. The molecule has 0 amide bonds. The third-order valence-electron chi connectivity index (χ3n) is 2.04. The van der Waals surface area contributed by atoms with Crippen LogP contribution in [0.15, 0.2) is 24.4 Å². The van der Waals surface area contributed by atoms with Crippen LogP contribution in [0.1, 0.15) is 16.2 Å². The molecule has 0 unspecified atom stereocenters. The molecule has 0 saturated carbocycles. The highest BCUT2D eigenvalue weighted by atomic mass is 19.4. The molecular formula is C10H5F3N2O. The van der Waals surface area contributed by atoms with Gasteiger partial charge in [0.2, 0.25) is 0 Å². The number of carbonyl (C=O) groups is 1. The second-order valence-corrected chi connectivity index (χ2v) is 3.09. The van der Waals surface area contributed by atoms with Crippen LogP contribution in [-0.4, -0.2) is 16.3 Å². The van der Waals surface area contributed by atoms with Gasteiger partial charge >= 0.3 is 6.18 Å². The average Bonchev–Trinajstić information content (AvgIpc) is 2.26. The Kier molecular flexibility index (Phi) is 2.34. The molecule has 82 valence electrons. The summed E-state index contributed by atoms with van der Waals surface area (Å²) in [5.41, 5.74) is -1.12. The van der Waals surface area contributed by atoms with E-state index in [2.05, 4.69) is 9.97 Å². The fraction of sp³-hybridized carbons (Fsp3) is 0.100. The lowest BCUT2D eigenvalue weighted by Crippen LogP contribution is -2.07. The number of aldehydes is 1. The van der Waals surface area contributed by atoms with Gasteiger partial charge in [0.05, 0.1) is 11.1 Å². The van der Waals surface area contributed by atoms with Crippen molar-refractivity contribution < 1.29 is 18.0 Å². The number of carbonyl (C=O) groups excluding carboxylic acids is 1. The number of benzene rings is 1. The summed E-state index contributed by atoms with van der Waals surface area (Å²) in [7, 11) is 0. The van der Waals surface area contributed by atoms with Gasteiger partial charge in [-0.15, -0.1) is 0 Å². The van der Waals surface area contributed by atoms with E-state index in [4.69, 9.17) is 0 Å². The van der Waals surface area contributed by atoms with E-state index in [0.717, 1.165) is 6.07 Å². The Hall–Kier alpha value is -1.98. The Bertz CT molecular complexity index is 551. The Morgan fingerprint density at radius 3 is 2.62 bits per heavy atom. The molecule has 3 nitrogen and oxygen atoms in total. The molecule has 1 heterocycles. The summed E-state index contributed by atoms with van der Waals surface area (Å²) in [5.74, 6) is -0.260. The summed E-state index contributed by atoms with van der Waals surface area (Å²) >= 11 is 0. The molecule has 6 heteroatoms. The smallest absolute Gasteiger partial charge is 0.294 e. The topological polar surface area (TPSA) is 42.9 Å². The minimum Gasteiger partial charge on any atom is -0.294 e. The monoisotopic (exact) mass is 226 g/mol. The van der Waals surface area contributed by atoms with E-state index in [1.807, 2.05) is 0 Å². The number of fused-ring (bicyclic) bond motifs is 1. The quantitative estimate of drug-likeness (QED) is 0.701. The van der Waals surface area contributed by atoms with Crippen molar-refractivity contribution in [1.29, 1.82) is 0 Å². The molecule has 0 aliphatic heterocycles. The molecule has 1 aromatic heterocycles. The normalized spacial score (nSPS) is 11.7. The summed E-state index contributed by atoms with van der Waals surface area (Å²) in [6.45, 7) is 0. The van der Waals surface area contributed by atoms with Crippen molar-refractivity contribution in [3.05, 3.63) is 35.8 Å². The third kappa shape index (κ3) is 1.73. The number of alkyl halides is 3. The molecule has 0 atom stereocenters. The van der Waals surface area contributed by atoms with E-state index in [9.17, 15) is 18.0 Å². The summed E-state index contributed by atoms with van der Waals surface area (Å²) in [6.07, 6.45) is -2.98. The fourth-order valence-corrected chi connectivity index (χ4v) is 1.35. The first-order valence-corrected chi connectivity index (χ1v) is 4.30. The second-order valence-electron chi connectivity index (χ2n) is 3.09. The molecule has 1 aromatic carbocycles. The van der Waals surface area contributed by atoms with Crippen molar-refractivity contribution in [2.24, 2.45) is 0 Å². The number of aromatic nitrogens is 2. The second kappa shape index (κ2) is 3.55. The van der Waals surface area contributed by atoms with Crippen molar-refractivity contribution in [2.45, 2.75) is 6.18 Å². The third-order valence-corrected chi connectivity index (χ3v) is 2.04. The maximum Gasteiger partial charge on any atom is 0.418 e. The highest BCUT2D eigenvalue weighted by Gasteiger charge is 2.33. The van der Waals surface area contributed by atoms with E-state index in [-0.39, 0.29) is 16.7 Å². The fourth-order valence-electron chi connectivity index (χ4n) is 1.35. The van der Waals surface area contributed by atoms with Gasteiger partial charge in [-0.1, -0.05) is 12.1 Å². The summed E-state index contributed by atoms with van der Waals surface area (Å²) in [5, 5.41) is 0.250. The van der Waals surface area contributed by atoms with Crippen molar-refractivity contribution in [3.63, 3.8) is 0 Å². The molecule has 0 bridgehead atoms. The molecule has 16 heavy (non-hydrogen) atoms. The van der Waals surface area contributed by atoms with Crippen LogP contribution in [0.5, 0.6) is 0 Å². The van der Waals surface area contributed by atoms with E-state index in [1.165, 1.54) is 18.3 Å². The van der Waals surface area contributed by atoms with Crippen LogP contribution in [0, 0.1) is 0 Å². The number of nitrogens with zero attached hydrogens (tertiary/aromatic N) is 2. The van der Waals surface area contributed by atoms with Crippen molar-refractivity contribution in [1.82, 2.24) is 9.97 Å². The van der Waals surface area contributed by atoms with Crippen LogP contribution in [0.3, 0.4) is 0 Å². The molecule has 2 aromatic rings. The minimum absolute atomic E-state index is 0.250. The highest BCUT2D eigenvalue weighted by molar-refractivity contribution is 5.84. The largest absolute Gasteiger partial charge is 0.418 e. The van der Waals surface area contributed by atoms with E-state index < -0.39 is 11.7 Å². The van der Waals surface area contributed by atoms with Gasteiger partial charge in [-0.3, -0.25) is 4.79 Å². The Balaban J connectivity index is 2.79. The number of hydrogen-bond acceptors (Lipinski definition) is 3. The first-order valence-electron chi connectivity index (χ1n) is 4.30. The summed E-state index contributed by atoms with van der Waals surface area (Å²) in [6, 6.07) is 3.65. The number of hydrogen-bond donors (Lipinski definition) is 0. The lowest BCUT2D eigenvalue weighted by Gasteiger charge is -2.08. The molecule has 0 fully saturated rings. The van der Waals surface area contributed by atoms with Crippen LogP contribution in [-0.2, 0) is 6.18 Å². The molecule has 0 radical (unpaired) electrons. The van der Waals surface area contributed by atoms with Gasteiger partial charge in [0, 0.05) is 11.6 Å². The zero-order chi connectivity index (χ0) is 11.8. The van der Waals surface area contributed by atoms with Crippen LogP contribution in [0.4, 0.5) is 13.2 Å². The van der Waals surface area contributed by atoms with Gasteiger partial charge in [-0.05, 0) is 6.07 Å². The van der Waals surface area contributed by atoms with E-state index in [1.54, 1.807) is 0 Å². The van der Waals surface area contributed by atoms with Gasteiger partial charge < -0.3 is 0 Å². The zero-order valence-electron chi connectivity index (χ0n) is 7.82. The van der Waals surface area contributed by atoms with Crippen LogP contribution >= 0.6 is 0 Å². The number of halogens is 3. The molecule has 0 N–H and O–H groups in total. The maximum atomic E-state index is 12.6. The van der Waals surface area contributed by atoms with Crippen LogP contribution in [0.25, 0.3) is 10.9 Å². The molecule has 0 spiro atoms. The minimum atomic E-state index is -4.49. The molecule has 0 saturated heterocycles. The Labute approximate surface area is 87.9 Å². The highest BCUT2D eigenvalue weighted by Crippen LogP contribution is 2.33. The summed E-state index contributed by atoms with van der Waals surface area (Å²) in [4.78, 5) is 17.6. The Morgan fingerprint density at radius 1 is 1.25 bits per heavy atom. The molecular weight excluding hydrogens is 221 g/mol. The van der Waals surface area contributed by atoms with Crippen LogP contribution in [0.2, 0.25) is 0 Å². The number of rotatable bonds is 1. The van der Waals surface area contributed by atoms with Gasteiger partial charge in [-0.25, -0.2) is 9.97 Å². The maximum absolute atomic E-state index is 12.6. The van der Waals surface area contributed by atoms with Gasteiger partial charge in [0.15, 0.2) is 12.1 Å². The number of para-hydroxylation sites is 1. The lowest BCUT2D eigenvalue weighted by atomic mass is 10.1. The van der Waals surface area contributed by atoms with Gasteiger partial charge in [0.1, 0.15) is 0 Å². The van der Waals surface area contributed by atoms with Gasteiger partial charge in [0.25, 0.3) is 0 Å². The molecule has 0 aliphatic rings. The predicted octanol–water partition coefficient (Wildman–Crippen LogP) is 2.46. The Morgan fingerprint density at radius 2 is 2.00 bits per heavy atom. The van der Waals surface area contributed by atoms with E-state index >= 15 is 0 Å². The average molecular weight is 226 g/mol. The molecule has 2 rings (SSSR count). The standard InChI is InChI=1S/C10H5F3N2O/c11-10(12,13)7-3-1-2-6-4-14-8(5-16)15-9(6)7/h1-5H. The lowest BCUT2D eigenvalue weighted by molar-refractivity contribution is -0.136. The van der Waals surface area contributed by atoms with E-state index in [0.29, 0.717) is 6.29 Å². The molecule has 0 aliphatic carbocycles. The van der Waals surface area contributed by atoms with Crippen molar-refractivity contribution in [2.75, 3.05) is 0 Å². The van der Waals surface area contributed by atoms with Gasteiger partial charge in [-0.2, -0.15) is 13.2 Å².